The predicted molar refractivity (Wildman–Crippen MR) is 67.1 cm³/mol. The van der Waals surface area contributed by atoms with E-state index in [0.29, 0.717) is 13.2 Å². The van der Waals surface area contributed by atoms with Gasteiger partial charge in [0.1, 0.15) is 0 Å². The Hall–Kier alpha value is -1.17. The van der Waals surface area contributed by atoms with Gasteiger partial charge in [-0.2, -0.15) is 0 Å². The molecule has 1 aromatic heterocycles. The van der Waals surface area contributed by atoms with Gasteiger partial charge in [-0.1, -0.05) is 0 Å². The molecular formula is C12H16O4S. The Morgan fingerprint density at radius 2 is 2.35 bits per heavy atom. The van der Waals surface area contributed by atoms with Crippen LogP contribution >= 0.6 is 11.3 Å². The maximum Gasteiger partial charge on any atom is 0.328 e. The van der Waals surface area contributed by atoms with Crippen molar-refractivity contribution in [2.75, 3.05) is 13.7 Å². The largest absolute Gasteiger partial charge is 0.478 e. The summed E-state index contributed by atoms with van der Waals surface area (Å²) in [5, 5.41) is 8.50. The molecule has 4 nitrogen and oxygen atoms in total. The van der Waals surface area contributed by atoms with Crippen molar-refractivity contribution in [3.05, 3.63) is 28.0 Å². The molecule has 0 bridgehead atoms. The summed E-state index contributed by atoms with van der Waals surface area (Å²) in [5.74, 6) is -0.940. The van der Waals surface area contributed by atoms with Crippen molar-refractivity contribution in [1.82, 2.24) is 0 Å². The number of rotatable bonds is 7. The quantitative estimate of drug-likeness (QED) is 0.761. The summed E-state index contributed by atoms with van der Waals surface area (Å²) < 4.78 is 10.5. The molecule has 0 amide bonds. The summed E-state index contributed by atoms with van der Waals surface area (Å²) in [4.78, 5) is 12.3. The molecule has 1 heterocycles. The average molecular weight is 256 g/mol. The van der Waals surface area contributed by atoms with Crippen LogP contribution in [0, 0.1) is 0 Å². The Bertz CT molecular complexity index is 384. The standard InChI is InChI=1S/C12H16O4S/c1-9(7-15-2)16-8-11-4-3-10(17-11)5-6-12(13)14/h3-6,9H,7-8H2,1-2H3,(H,13,14). The van der Waals surface area contributed by atoms with Crippen LogP contribution < -0.4 is 0 Å². The molecule has 0 radical (unpaired) electrons. The van der Waals surface area contributed by atoms with E-state index in [1.54, 1.807) is 13.2 Å². The van der Waals surface area contributed by atoms with Crippen LogP contribution in [0.1, 0.15) is 16.7 Å². The smallest absolute Gasteiger partial charge is 0.328 e. The number of aliphatic carboxylic acids is 1. The third-order valence-corrected chi connectivity index (χ3v) is 3.01. The number of methoxy groups -OCH3 is 1. The number of carboxylic acid groups (broad SMARTS) is 1. The first-order valence-corrected chi connectivity index (χ1v) is 6.03. The second-order valence-electron chi connectivity index (χ2n) is 3.55. The lowest BCUT2D eigenvalue weighted by molar-refractivity contribution is -0.131. The Morgan fingerprint density at radius 3 is 3.00 bits per heavy atom. The van der Waals surface area contributed by atoms with Crippen molar-refractivity contribution in [1.29, 1.82) is 0 Å². The Morgan fingerprint density at radius 1 is 1.59 bits per heavy atom. The molecule has 1 atom stereocenters. The highest BCUT2D eigenvalue weighted by Gasteiger charge is 2.03. The van der Waals surface area contributed by atoms with Crippen LogP contribution in [0.5, 0.6) is 0 Å². The topological polar surface area (TPSA) is 55.8 Å². The average Bonchev–Trinajstić information content (AvgIpc) is 2.72. The van der Waals surface area contributed by atoms with Crippen LogP contribution in [0.4, 0.5) is 0 Å². The Labute approximate surface area is 104 Å². The van der Waals surface area contributed by atoms with Crippen LogP contribution in [0.15, 0.2) is 18.2 Å². The first-order chi connectivity index (χ1) is 8.11. The van der Waals surface area contributed by atoms with Gasteiger partial charge < -0.3 is 14.6 Å². The van der Waals surface area contributed by atoms with Gasteiger partial charge in [0, 0.05) is 22.9 Å². The van der Waals surface area contributed by atoms with Gasteiger partial charge in [-0.3, -0.25) is 0 Å². The van der Waals surface area contributed by atoms with Crippen LogP contribution in [0.3, 0.4) is 0 Å². The summed E-state index contributed by atoms with van der Waals surface area (Å²) in [6.45, 7) is 3.04. The molecule has 5 heteroatoms. The molecule has 17 heavy (non-hydrogen) atoms. The summed E-state index contributed by atoms with van der Waals surface area (Å²) in [7, 11) is 1.64. The molecule has 0 aliphatic carbocycles. The molecule has 0 aliphatic rings. The summed E-state index contributed by atoms with van der Waals surface area (Å²) in [6.07, 6.45) is 2.76. The van der Waals surface area contributed by atoms with E-state index < -0.39 is 5.97 Å². The minimum atomic E-state index is -0.940. The predicted octanol–water partition coefficient (Wildman–Crippen LogP) is 2.40. The van der Waals surface area contributed by atoms with Gasteiger partial charge in [-0.25, -0.2) is 4.79 Å². The lowest BCUT2D eigenvalue weighted by Gasteiger charge is -2.10. The minimum Gasteiger partial charge on any atom is -0.478 e. The van der Waals surface area contributed by atoms with Crippen LogP contribution in [0.2, 0.25) is 0 Å². The van der Waals surface area contributed by atoms with Gasteiger partial charge in [0.25, 0.3) is 0 Å². The van der Waals surface area contributed by atoms with Crippen LogP contribution in [-0.2, 0) is 20.9 Å². The molecular weight excluding hydrogens is 240 g/mol. The molecule has 0 spiro atoms. The number of carboxylic acids is 1. The number of thiophene rings is 1. The van der Waals surface area contributed by atoms with Crippen molar-refractivity contribution in [3.8, 4) is 0 Å². The molecule has 1 rings (SSSR count). The maximum absolute atomic E-state index is 10.3. The fourth-order valence-corrected chi connectivity index (χ4v) is 2.06. The second kappa shape index (κ2) is 7.21. The van der Waals surface area contributed by atoms with Crippen molar-refractivity contribution < 1.29 is 19.4 Å². The molecule has 1 aromatic rings. The zero-order chi connectivity index (χ0) is 12.7. The lowest BCUT2D eigenvalue weighted by Crippen LogP contribution is -2.14. The number of hydrogen-bond donors (Lipinski definition) is 1. The zero-order valence-electron chi connectivity index (χ0n) is 9.88. The van der Waals surface area contributed by atoms with E-state index in [2.05, 4.69) is 0 Å². The van der Waals surface area contributed by atoms with Gasteiger partial charge in [-0.05, 0) is 25.1 Å². The van der Waals surface area contributed by atoms with Crippen LogP contribution in [-0.4, -0.2) is 30.9 Å². The molecule has 0 saturated heterocycles. The monoisotopic (exact) mass is 256 g/mol. The highest BCUT2D eigenvalue weighted by atomic mass is 32.1. The molecule has 0 aliphatic heterocycles. The van der Waals surface area contributed by atoms with Gasteiger partial charge >= 0.3 is 5.97 Å². The zero-order valence-corrected chi connectivity index (χ0v) is 10.7. The first-order valence-electron chi connectivity index (χ1n) is 5.22. The lowest BCUT2D eigenvalue weighted by atomic mass is 10.4. The maximum atomic E-state index is 10.3. The molecule has 0 saturated carbocycles. The second-order valence-corrected chi connectivity index (χ2v) is 4.75. The van der Waals surface area contributed by atoms with Gasteiger partial charge in [0.05, 0.1) is 19.3 Å². The van der Waals surface area contributed by atoms with E-state index in [0.717, 1.165) is 15.8 Å². The number of hydrogen-bond acceptors (Lipinski definition) is 4. The van der Waals surface area contributed by atoms with E-state index in [9.17, 15) is 4.79 Å². The summed E-state index contributed by atoms with van der Waals surface area (Å²) in [5.41, 5.74) is 0. The normalized spacial score (nSPS) is 13.1. The Kier molecular flexibility index (Phi) is 5.90. The molecule has 0 fully saturated rings. The van der Waals surface area contributed by atoms with E-state index >= 15 is 0 Å². The van der Waals surface area contributed by atoms with E-state index in [1.165, 1.54) is 11.3 Å². The van der Waals surface area contributed by atoms with Crippen molar-refractivity contribution >= 4 is 23.4 Å². The third-order valence-electron chi connectivity index (χ3n) is 1.98. The third kappa shape index (κ3) is 5.63. The fourth-order valence-electron chi connectivity index (χ4n) is 1.22. The van der Waals surface area contributed by atoms with E-state index in [1.807, 2.05) is 19.1 Å². The molecule has 1 N–H and O–H groups in total. The van der Waals surface area contributed by atoms with Crippen molar-refractivity contribution in [2.24, 2.45) is 0 Å². The van der Waals surface area contributed by atoms with E-state index in [4.69, 9.17) is 14.6 Å². The highest BCUT2D eigenvalue weighted by molar-refractivity contribution is 7.12. The molecule has 0 aromatic carbocycles. The minimum absolute atomic E-state index is 0.0557. The van der Waals surface area contributed by atoms with Crippen molar-refractivity contribution in [2.45, 2.75) is 19.6 Å². The summed E-state index contributed by atoms with van der Waals surface area (Å²) in [6, 6.07) is 3.81. The van der Waals surface area contributed by atoms with E-state index in [-0.39, 0.29) is 6.10 Å². The highest BCUT2D eigenvalue weighted by Crippen LogP contribution is 2.19. The Balaban J connectivity index is 2.43. The molecule has 94 valence electrons. The fraction of sp³-hybridized carbons (Fsp3) is 0.417. The first kappa shape index (κ1) is 13.9. The summed E-state index contributed by atoms with van der Waals surface area (Å²) >= 11 is 1.52. The number of carbonyl (C=O) groups is 1. The van der Waals surface area contributed by atoms with Gasteiger partial charge in [0.2, 0.25) is 0 Å². The SMILES string of the molecule is COCC(C)OCc1ccc(C=CC(=O)O)s1. The van der Waals surface area contributed by atoms with Gasteiger partial charge in [-0.15, -0.1) is 11.3 Å². The van der Waals surface area contributed by atoms with Crippen molar-refractivity contribution in [3.63, 3.8) is 0 Å². The van der Waals surface area contributed by atoms with Crippen LogP contribution in [0.25, 0.3) is 6.08 Å². The van der Waals surface area contributed by atoms with Gasteiger partial charge in [0.15, 0.2) is 0 Å². The number of ether oxygens (including phenoxy) is 2. The molecule has 1 unspecified atom stereocenters.